The fraction of sp³-hybridized carbons (Fsp3) is 0.462. The lowest BCUT2D eigenvalue weighted by atomic mass is 10.4. The van der Waals surface area contributed by atoms with E-state index in [1.807, 2.05) is 23.6 Å². The summed E-state index contributed by atoms with van der Waals surface area (Å²) in [7, 11) is 1.61. The molecule has 0 aliphatic heterocycles. The van der Waals surface area contributed by atoms with Gasteiger partial charge in [0.1, 0.15) is 0 Å². The molecular weight excluding hydrogens is 276 g/mol. The summed E-state index contributed by atoms with van der Waals surface area (Å²) in [6.45, 7) is 4.59. The van der Waals surface area contributed by atoms with E-state index >= 15 is 0 Å². The molecule has 6 nitrogen and oxygen atoms in total. The number of hydrogen-bond donors (Lipinski definition) is 1. The van der Waals surface area contributed by atoms with Crippen LogP contribution >= 0.6 is 11.8 Å². The Hall–Kier alpha value is -1.76. The van der Waals surface area contributed by atoms with Crippen molar-refractivity contribution in [2.24, 2.45) is 7.05 Å². The first-order valence-electron chi connectivity index (χ1n) is 6.53. The molecule has 1 N–H and O–H groups in total. The molecule has 20 heavy (non-hydrogen) atoms. The van der Waals surface area contributed by atoms with Gasteiger partial charge in [0.2, 0.25) is 0 Å². The predicted molar refractivity (Wildman–Crippen MR) is 81.4 cm³/mol. The molecule has 2 heterocycles. The van der Waals surface area contributed by atoms with Gasteiger partial charge in [0, 0.05) is 19.3 Å². The fourth-order valence-corrected chi connectivity index (χ4v) is 2.76. The average Bonchev–Trinajstić information content (AvgIpc) is 2.79. The summed E-state index contributed by atoms with van der Waals surface area (Å²) >= 11 is 1.60. The number of aromatic nitrogens is 4. The van der Waals surface area contributed by atoms with Crippen molar-refractivity contribution in [3.63, 3.8) is 0 Å². The molecule has 0 fully saturated rings. The zero-order valence-corrected chi connectivity index (χ0v) is 12.7. The van der Waals surface area contributed by atoms with Crippen molar-refractivity contribution in [3.05, 3.63) is 33.0 Å². The molecule has 108 valence electrons. The zero-order valence-electron chi connectivity index (χ0n) is 11.8. The SMILES string of the molecule is C/C=C/Cn1c(SCCC)nc2c1c(=O)[nH]c(=O)n2C. The van der Waals surface area contributed by atoms with Gasteiger partial charge >= 0.3 is 5.69 Å². The van der Waals surface area contributed by atoms with E-state index in [0.29, 0.717) is 17.7 Å². The van der Waals surface area contributed by atoms with Crippen molar-refractivity contribution in [2.75, 3.05) is 5.75 Å². The largest absolute Gasteiger partial charge is 0.329 e. The van der Waals surface area contributed by atoms with E-state index in [-0.39, 0.29) is 5.56 Å². The van der Waals surface area contributed by atoms with Gasteiger partial charge in [0.05, 0.1) is 0 Å². The first-order valence-corrected chi connectivity index (χ1v) is 7.52. The van der Waals surface area contributed by atoms with Gasteiger partial charge in [-0.15, -0.1) is 0 Å². The Morgan fingerprint density at radius 1 is 1.40 bits per heavy atom. The number of allylic oxidation sites excluding steroid dienone is 2. The molecule has 2 aromatic rings. The van der Waals surface area contributed by atoms with Crippen molar-refractivity contribution in [1.29, 1.82) is 0 Å². The summed E-state index contributed by atoms with van der Waals surface area (Å²) in [6, 6.07) is 0. The van der Waals surface area contributed by atoms with Gasteiger partial charge in [-0.05, 0) is 13.3 Å². The van der Waals surface area contributed by atoms with Crippen LogP contribution in [0.25, 0.3) is 11.2 Å². The topological polar surface area (TPSA) is 72.7 Å². The van der Waals surface area contributed by atoms with Crippen molar-refractivity contribution >= 4 is 22.9 Å². The number of nitrogens with one attached hydrogen (secondary N) is 1. The molecule has 0 amide bonds. The highest BCUT2D eigenvalue weighted by Gasteiger charge is 2.16. The number of rotatable bonds is 5. The number of hydrogen-bond acceptors (Lipinski definition) is 4. The lowest BCUT2D eigenvalue weighted by molar-refractivity contribution is 0.743. The van der Waals surface area contributed by atoms with Crippen LogP contribution in [0, 0.1) is 0 Å². The molecule has 0 aromatic carbocycles. The second-order valence-corrected chi connectivity index (χ2v) is 5.48. The second-order valence-electron chi connectivity index (χ2n) is 4.41. The molecule has 0 bridgehead atoms. The molecule has 0 aliphatic carbocycles. The molecule has 2 rings (SSSR count). The predicted octanol–water partition coefficient (Wildman–Crippen LogP) is 1.50. The van der Waals surface area contributed by atoms with Gasteiger partial charge in [0.25, 0.3) is 5.56 Å². The van der Waals surface area contributed by atoms with Gasteiger partial charge in [0.15, 0.2) is 16.3 Å². The van der Waals surface area contributed by atoms with Crippen molar-refractivity contribution in [3.8, 4) is 0 Å². The van der Waals surface area contributed by atoms with Crippen LogP contribution in [0.2, 0.25) is 0 Å². The summed E-state index contributed by atoms with van der Waals surface area (Å²) in [5.74, 6) is 0.922. The maximum Gasteiger partial charge on any atom is 0.329 e. The minimum Gasteiger partial charge on any atom is -0.309 e. The van der Waals surface area contributed by atoms with E-state index in [1.165, 1.54) is 4.57 Å². The number of H-pyrrole nitrogens is 1. The Morgan fingerprint density at radius 3 is 2.80 bits per heavy atom. The molecule has 0 saturated heterocycles. The summed E-state index contributed by atoms with van der Waals surface area (Å²) in [4.78, 5) is 30.5. The van der Waals surface area contributed by atoms with E-state index in [2.05, 4.69) is 16.9 Å². The Morgan fingerprint density at radius 2 is 2.15 bits per heavy atom. The van der Waals surface area contributed by atoms with Crippen LogP contribution in [-0.4, -0.2) is 24.9 Å². The summed E-state index contributed by atoms with van der Waals surface area (Å²) in [5, 5.41) is 0.770. The van der Waals surface area contributed by atoms with Crippen LogP contribution < -0.4 is 11.2 Å². The van der Waals surface area contributed by atoms with Gasteiger partial charge < -0.3 is 4.57 Å². The van der Waals surface area contributed by atoms with Crippen LogP contribution in [0.1, 0.15) is 20.3 Å². The average molecular weight is 294 g/mol. The number of nitrogens with zero attached hydrogens (tertiary/aromatic N) is 3. The van der Waals surface area contributed by atoms with Gasteiger partial charge in [-0.1, -0.05) is 30.8 Å². The summed E-state index contributed by atoms with van der Waals surface area (Å²) in [5.41, 5.74) is 0.0549. The first-order chi connectivity index (χ1) is 9.60. The van der Waals surface area contributed by atoms with E-state index < -0.39 is 5.69 Å². The number of imidazole rings is 1. The third kappa shape index (κ3) is 2.58. The summed E-state index contributed by atoms with van der Waals surface area (Å²) in [6.07, 6.45) is 4.91. The van der Waals surface area contributed by atoms with E-state index in [9.17, 15) is 9.59 Å². The Bertz CT molecular complexity index is 754. The molecule has 0 unspecified atom stereocenters. The number of fused-ring (bicyclic) bond motifs is 1. The Balaban J connectivity index is 2.72. The fourth-order valence-electron chi connectivity index (χ4n) is 1.90. The monoisotopic (exact) mass is 294 g/mol. The molecule has 0 radical (unpaired) electrons. The van der Waals surface area contributed by atoms with Gasteiger partial charge in [-0.2, -0.15) is 0 Å². The minimum atomic E-state index is -0.440. The molecule has 0 aliphatic rings. The molecule has 0 spiro atoms. The lowest BCUT2D eigenvalue weighted by Gasteiger charge is -2.04. The highest BCUT2D eigenvalue weighted by Crippen LogP contribution is 2.21. The van der Waals surface area contributed by atoms with Crippen molar-refractivity contribution < 1.29 is 0 Å². The van der Waals surface area contributed by atoms with E-state index in [0.717, 1.165) is 17.3 Å². The molecule has 7 heteroatoms. The smallest absolute Gasteiger partial charge is 0.309 e. The molecule has 0 atom stereocenters. The first kappa shape index (κ1) is 14.6. The van der Waals surface area contributed by atoms with Crippen LogP contribution in [0.5, 0.6) is 0 Å². The Kier molecular flexibility index (Phi) is 4.49. The maximum atomic E-state index is 12.1. The third-order valence-corrected chi connectivity index (χ3v) is 4.11. The van der Waals surface area contributed by atoms with Gasteiger partial charge in [-0.3, -0.25) is 14.3 Å². The zero-order chi connectivity index (χ0) is 14.7. The van der Waals surface area contributed by atoms with Crippen LogP contribution in [0.4, 0.5) is 0 Å². The van der Waals surface area contributed by atoms with Crippen molar-refractivity contribution in [2.45, 2.75) is 32.0 Å². The van der Waals surface area contributed by atoms with Crippen molar-refractivity contribution in [1.82, 2.24) is 19.1 Å². The standard InChI is InChI=1S/C13H18N4O2S/c1-4-6-7-17-9-10(14-13(17)20-8-5-2)16(3)12(19)15-11(9)18/h4,6H,5,7-8H2,1-3H3,(H,15,18,19)/b6-4+. The minimum absolute atomic E-state index is 0.386. The summed E-state index contributed by atoms with van der Waals surface area (Å²) < 4.78 is 3.23. The van der Waals surface area contributed by atoms with Crippen LogP contribution in [0.3, 0.4) is 0 Å². The lowest BCUT2D eigenvalue weighted by Crippen LogP contribution is -2.29. The molecule has 0 saturated carbocycles. The Labute approximate surface area is 120 Å². The van der Waals surface area contributed by atoms with Crippen LogP contribution in [-0.2, 0) is 13.6 Å². The molecule has 2 aromatic heterocycles. The maximum absolute atomic E-state index is 12.1. The van der Waals surface area contributed by atoms with Gasteiger partial charge in [-0.25, -0.2) is 9.78 Å². The highest BCUT2D eigenvalue weighted by molar-refractivity contribution is 7.99. The number of aryl methyl sites for hydroxylation is 1. The second kappa shape index (κ2) is 6.13. The highest BCUT2D eigenvalue weighted by atomic mass is 32.2. The number of thioether (sulfide) groups is 1. The number of aromatic amines is 1. The third-order valence-electron chi connectivity index (χ3n) is 2.93. The molecular formula is C13H18N4O2S. The van der Waals surface area contributed by atoms with Crippen LogP contribution in [0.15, 0.2) is 26.9 Å². The normalized spacial score (nSPS) is 11.8. The quantitative estimate of drug-likeness (QED) is 0.670. The van der Waals surface area contributed by atoms with E-state index in [1.54, 1.807) is 18.8 Å². The van der Waals surface area contributed by atoms with E-state index in [4.69, 9.17) is 0 Å².